The molecule has 1 aliphatic rings. The Morgan fingerprint density at radius 1 is 1.59 bits per heavy atom. The Labute approximate surface area is 120 Å². The average molecular weight is 348 g/mol. The monoisotopic (exact) mass is 348 g/mol. The summed E-state index contributed by atoms with van der Waals surface area (Å²) in [6.45, 7) is 12.6. The van der Waals surface area contributed by atoms with Crippen molar-refractivity contribution in [2.45, 2.75) is 52.6 Å². The van der Waals surface area contributed by atoms with Gasteiger partial charge in [0.15, 0.2) is 0 Å². The van der Waals surface area contributed by atoms with Gasteiger partial charge in [-0.2, -0.15) is 0 Å². The van der Waals surface area contributed by atoms with Crippen LogP contribution >= 0.6 is 22.6 Å². The normalized spacial score (nSPS) is 34.9. The van der Waals surface area contributed by atoms with Crippen LogP contribution in [-0.2, 0) is 0 Å². The zero-order chi connectivity index (χ0) is 13.3. The molecule has 0 amide bonds. The predicted octanol–water partition coefficient (Wildman–Crippen LogP) is 4.50. The molecule has 17 heavy (non-hydrogen) atoms. The summed E-state index contributed by atoms with van der Waals surface area (Å²) in [4.78, 5) is 0. The maximum Gasteiger partial charge on any atom is 0.0933 e. The minimum Gasteiger partial charge on any atom is -0.385 e. The van der Waals surface area contributed by atoms with Crippen molar-refractivity contribution in [1.82, 2.24) is 0 Å². The lowest BCUT2D eigenvalue weighted by molar-refractivity contribution is -0.0494. The van der Waals surface area contributed by atoms with Crippen LogP contribution in [0.3, 0.4) is 0 Å². The minimum absolute atomic E-state index is 0.206. The van der Waals surface area contributed by atoms with Gasteiger partial charge in [0.1, 0.15) is 0 Å². The van der Waals surface area contributed by atoms with Crippen LogP contribution in [0.1, 0.15) is 47.0 Å². The number of hydrogen-bond acceptors (Lipinski definition) is 1. The van der Waals surface area contributed by atoms with Crippen molar-refractivity contribution in [2.24, 2.45) is 11.3 Å². The zero-order valence-corrected chi connectivity index (χ0v) is 13.7. The van der Waals surface area contributed by atoms with Gasteiger partial charge in [-0.1, -0.05) is 48.1 Å². The van der Waals surface area contributed by atoms with Crippen molar-refractivity contribution in [2.75, 3.05) is 4.43 Å². The summed E-state index contributed by atoms with van der Waals surface area (Å²) in [7, 11) is 0. The van der Waals surface area contributed by atoms with Crippen LogP contribution in [0.4, 0.5) is 0 Å². The van der Waals surface area contributed by atoms with E-state index in [-0.39, 0.29) is 5.41 Å². The number of hydrogen-bond donors (Lipinski definition) is 1. The second-order valence-electron chi connectivity index (χ2n) is 6.07. The molecule has 0 unspecified atom stereocenters. The standard InChI is InChI=1S/C15H25IO/c1-6-12-7-8-14(4,5)13(10-16)15(12,17)9-11(2)3/h6,13,17H,2,7-10H2,1,3-5H3/b12-6+/t13-,15-/m1/s1. The molecule has 0 aliphatic heterocycles. The van der Waals surface area contributed by atoms with Gasteiger partial charge in [-0.05, 0) is 37.7 Å². The molecule has 1 saturated carbocycles. The molecule has 2 atom stereocenters. The summed E-state index contributed by atoms with van der Waals surface area (Å²) in [6.07, 6.45) is 4.99. The summed E-state index contributed by atoms with van der Waals surface area (Å²) >= 11 is 2.41. The van der Waals surface area contributed by atoms with Gasteiger partial charge < -0.3 is 5.11 Å². The molecule has 2 heteroatoms. The van der Waals surface area contributed by atoms with Gasteiger partial charge in [0.2, 0.25) is 0 Å². The van der Waals surface area contributed by atoms with E-state index in [2.05, 4.69) is 49.1 Å². The van der Waals surface area contributed by atoms with Crippen LogP contribution in [0.5, 0.6) is 0 Å². The molecule has 1 N–H and O–H groups in total. The lowest BCUT2D eigenvalue weighted by Crippen LogP contribution is -2.51. The lowest BCUT2D eigenvalue weighted by atomic mass is 9.58. The molecular weight excluding hydrogens is 323 g/mol. The summed E-state index contributed by atoms with van der Waals surface area (Å²) in [5.74, 6) is 0.312. The highest BCUT2D eigenvalue weighted by Crippen LogP contribution is 2.51. The van der Waals surface area contributed by atoms with Crippen LogP contribution in [0.25, 0.3) is 0 Å². The molecule has 0 bridgehead atoms. The Hall–Kier alpha value is 0.170. The molecule has 1 rings (SSSR count). The van der Waals surface area contributed by atoms with E-state index in [1.807, 2.05) is 13.8 Å². The maximum atomic E-state index is 11.2. The predicted molar refractivity (Wildman–Crippen MR) is 83.5 cm³/mol. The number of aliphatic hydroxyl groups is 1. The molecule has 0 aromatic carbocycles. The lowest BCUT2D eigenvalue weighted by Gasteiger charge is -2.51. The van der Waals surface area contributed by atoms with Gasteiger partial charge in [0.05, 0.1) is 5.60 Å². The molecule has 1 aliphatic carbocycles. The van der Waals surface area contributed by atoms with E-state index in [0.29, 0.717) is 12.3 Å². The van der Waals surface area contributed by atoms with Crippen LogP contribution in [-0.4, -0.2) is 15.1 Å². The van der Waals surface area contributed by atoms with Crippen molar-refractivity contribution >= 4 is 22.6 Å². The van der Waals surface area contributed by atoms with E-state index in [4.69, 9.17) is 0 Å². The fourth-order valence-electron chi connectivity index (χ4n) is 3.15. The summed E-state index contributed by atoms with van der Waals surface area (Å²) in [5, 5.41) is 11.2. The molecule has 1 nitrogen and oxygen atoms in total. The van der Waals surface area contributed by atoms with E-state index in [1.54, 1.807) is 0 Å². The second-order valence-corrected chi connectivity index (χ2v) is 6.95. The number of allylic oxidation sites excluding steroid dienone is 1. The highest BCUT2D eigenvalue weighted by Gasteiger charge is 2.49. The summed E-state index contributed by atoms with van der Waals surface area (Å²) in [5.41, 5.74) is 1.81. The molecule has 0 saturated heterocycles. The minimum atomic E-state index is -0.677. The first-order chi connectivity index (χ1) is 7.78. The summed E-state index contributed by atoms with van der Waals surface area (Å²) in [6, 6.07) is 0. The first-order valence-electron chi connectivity index (χ1n) is 6.36. The average Bonchev–Trinajstić information content (AvgIpc) is 2.15. The fourth-order valence-corrected chi connectivity index (χ4v) is 5.07. The van der Waals surface area contributed by atoms with Crippen molar-refractivity contribution in [3.05, 3.63) is 23.8 Å². The van der Waals surface area contributed by atoms with Crippen molar-refractivity contribution in [1.29, 1.82) is 0 Å². The van der Waals surface area contributed by atoms with Crippen LogP contribution in [0.15, 0.2) is 23.8 Å². The van der Waals surface area contributed by atoms with E-state index < -0.39 is 5.60 Å². The quantitative estimate of drug-likeness (QED) is 0.452. The first-order valence-corrected chi connectivity index (χ1v) is 7.89. The Balaban J connectivity index is 3.18. The van der Waals surface area contributed by atoms with E-state index in [0.717, 1.165) is 16.4 Å². The smallest absolute Gasteiger partial charge is 0.0933 e. The van der Waals surface area contributed by atoms with Crippen molar-refractivity contribution in [3.63, 3.8) is 0 Å². The maximum absolute atomic E-state index is 11.2. The van der Waals surface area contributed by atoms with Gasteiger partial charge in [0.25, 0.3) is 0 Å². The van der Waals surface area contributed by atoms with Gasteiger partial charge in [-0.3, -0.25) is 0 Å². The Morgan fingerprint density at radius 3 is 2.59 bits per heavy atom. The molecule has 0 spiro atoms. The van der Waals surface area contributed by atoms with E-state index >= 15 is 0 Å². The highest BCUT2D eigenvalue weighted by molar-refractivity contribution is 14.1. The zero-order valence-electron chi connectivity index (χ0n) is 11.5. The van der Waals surface area contributed by atoms with Gasteiger partial charge in [-0.25, -0.2) is 0 Å². The van der Waals surface area contributed by atoms with E-state index in [1.165, 1.54) is 12.0 Å². The van der Waals surface area contributed by atoms with E-state index in [9.17, 15) is 5.11 Å². The molecule has 98 valence electrons. The fraction of sp³-hybridized carbons (Fsp3) is 0.733. The molecule has 0 radical (unpaired) electrons. The van der Waals surface area contributed by atoms with Crippen LogP contribution < -0.4 is 0 Å². The molecular formula is C15H25IO. The topological polar surface area (TPSA) is 20.2 Å². The van der Waals surface area contributed by atoms with Gasteiger partial charge in [-0.15, -0.1) is 6.58 Å². The first kappa shape index (κ1) is 15.2. The molecule has 1 fully saturated rings. The highest BCUT2D eigenvalue weighted by atomic mass is 127. The summed E-state index contributed by atoms with van der Waals surface area (Å²) < 4.78 is 0.992. The Bertz CT molecular complexity index is 330. The Kier molecular flexibility index (Phi) is 4.87. The van der Waals surface area contributed by atoms with Crippen LogP contribution in [0, 0.1) is 11.3 Å². The molecule has 0 aromatic heterocycles. The third-order valence-corrected chi connectivity index (χ3v) is 5.07. The number of rotatable bonds is 3. The third-order valence-electron chi connectivity index (χ3n) is 4.19. The Morgan fingerprint density at radius 2 is 2.18 bits per heavy atom. The number of alkyl halides is 1. The van der Waals surface area contributed by atoms with Crippen molar-refractivity contribution < 1.29 is 5.11 Å². The SMILES string of the molecule is C=C(C)C[C@@]1(O)/C(=C/C)CCC(C)(C)[C@H]1CI. The van der Waals surface area contributed by atoms with Crippen LogP contribution in [0.2, 0.25) is 0 Å². The largest absolute Gasteiger partial charge is 0.385 e. The van der Waals surface area contributed by atoms with Gasteiger partial charge >= 0.3 is 0 Å². The molecule has 0 aromatic rings. The number of halogens is 1. The van der Waals surface area contributed by atoms with Gasteiger partial charge in [0, 0.05) is 16.8 Å². The van der Waals surface area contributed by atoms with Crippen molar-refractivity contribution in [3.8, 4) is 0 Å². The third kappa shape index (κ3) is 2.95. The molecule has 0 heterocycles. The second kappa shape index (κ2) is 5.43.